The van der Waals surface area contributed by atoms with Gasteiger partial charge in [0.05, 0.1) is 6.61 Å². The average molecular weight is 286 g/mol. The molecule has 1 aliphatic rings. The first-order valence-corrected chi connectivity index (χ1v) is 7.08. The predicted octanol–water partition coefficient (Wildman–Crippen LogP) is 2.51. The molecule has 5 nitrogen and oxygen atoms in total. The SMILES string of the molecule is CCOCc1nc(Cl)cc(NCC2CCCOC2)n1. The summed E-state index contributed by atoms with van der Waals surface area (Å²) in [6, 6.07) is 1.74. The molecule has 1 aromatic rings. The zero-order valence-electron chi connectivity index (χ0n) is 11.2. The summed E-state index contributed by atoms with van der Waals surface area (Å²) in [6.07, 6.45) is 2.32. The number of nitrogens with zero attached hydrogens (tertiary/aromatic N) is 2. The first-order valence-electron chi connectivity index (χ1n) is 6.70. The highest BCUT2D eigenvalue weighted by molar-refractivity contribution is 6.29. The van der Waals surface area contributed by atoms with E-state index in [1.165, 1.54) is 6.42 Å². The van der Waals surface area contributed by atoms with Gasteiger partial charge < -0.3 is 14.8 Å². The van der Waals surface area contributed by atoms with Gasteiger partial charge in [-0.2, -0.15) is 0 Å². The van der Waals surface area contributed by atoms with E-state index in [-0.39, 0.29) is 0 Å². The molecule has 1 atom stereocenters. The van der Waals surface area contributed by atoms with Crippen molar-refractivity contribution in [3.05, 3.63) is 17.0 Å². The van der Waals surface area contributed by atoms with E-state index in [1.807, 2.05) is 6.92 Å². The smallest absolute Gasteiger partial charge is 0.158 e. The average Bonchev–Trinajstić information content (AvgIpc) is 2.43. The maximum atomic E-state index is 5.98. The van der Waals surface area contributed by atoms with Crippen molar-refractivity contribution < 1.29 is 9.47 Å². The molecule has 0 aliphatic carbocycles. The number of ether oxygens (including phenoxy) is 2. The molecule has 2 heterocycles. The minimum Gasteiger partial charge on any atom is -0.381 e. The predicted molar refractivity (Wildman–Crippen MR) is 74.4 cm³/mol. The minimum atomic E-state index is 0.387. The van der Waals surface area contributed by atoms with Crippen LogP contribution in [-0.2, 0) is 16.1 Å². The second kappa shape index (κ2) is 7.62. The normalized spacial score (nSPS) is 19.4. The summed E-state index contributed by atoms with van der Waals surface area (Å²) in [7, 11) is 0. The zero-order valence-corrected chi connectivity index (χ0v) is 11.9. The Labute approximate surface area is 118 Å². The third-order valence-electron chi connectivity index (χ3n) is 3.00. The summed E-state index contributed by atoms with van der Waals surface area (Å²) in [5.74, 6) is 1.90. The highest BCUT2D eigenvalue weighted by Gasteiger charge is 2.14. The third kappa shape index (κ3) is 4.93. The monoisotopic (exact) mass is 285 g/mol. The van der Waals surface area contributed by atoms with Gasteiger partial charge in [-0.3, -0.25) is 0 Å². The molecule has 1 saturated heterocycles. The molecule has 0 amide bonds. The van der Waals surface area contributed by atoms with Crippen LogP contribution in [0.1, 0.15) is 25.6 Å². The molecule has 1 aromatic heterocycles. The standard InChI is InChI=1S/C13H20ClN3O2/c1-2-18-9-13-16-11(14)6-12(17-13)15-7-10-4-3-5-19-8-10/h6,10H,2-5,7-9H2,1H3,(H,15,16,17). The molecule has 6 heteroatoms. The molecule has 0 bridgehead atoms. The van der Waals surface area contributed by atoms with Gasteiger partial charge in [0.2, 0.25) is 0 Å². The lowest BCUT2D eigenvalue weighted by Crippen LogP contribution is -2.24. The summed E-state index contributed by atoms with van der Waals surface area (Å²) in [6.45, 7) is 5.51. The maximum absolute atomic E-state index is 5.98. The fraction of sp³-hybridized carbons (Fsp3) is 0.692. The van der Waals surface area contributed by atoms with Crippen LogP contribution in [0, 0.1) is 5.92 Å². The number of anilines is 1. The second-order valence-electron chi connectivity index (χ2n) is 4.59. The number of nitrogens with one attached hydrogen (secondary N) is 1. The largest absolute Gasteiger partial charge is 0.381 e. The van der Waals surface area contributed by atoms with E-state index in [9.17, 15) is 0 Å². The van der Waals surface area contributed by atoms with Gasteiger partial charge in [-0.05, 0) is 25.7 Å². The van der Waals surface area contributed by atoms with Crippen LogP contribution in [0.25, 0.3) is 0 Å². The van der Waals surface area contributed by atoms with Gasteiger partial charge in [-0.15, -0.1) is 0 Å². The van der Waals surface area contributed by atoms with Crippen molar-refractivity contribution >= 4 is 17.4 Å². The molecule has 1 aliphatic heterocycles. The third-order valence-corrected chi connectivity index (χ3v) is 3.20. The topological polar surface area (TPSA) is 56.3 Å². The highest BCUT2D eigenvalue weighted by atomic mass is 35.5. The van der Waals surface area contributed by atoms with Gasteiger partial charge in [0, 0.05) is 25.8 Å². The lowest BCUT2D eigenvalue weighted by Gasteiger charge is -2.22. The second-order valence-corrected chi connectivity index (χ2v) is 4.98. The first kappa shape index (κ1) is 14.5. The van der Waals surface area contributed by atoms with Gasteiger partial charge in [-0.1, -0.05) is 11.6 Å². The number of rotatable bonds is 6. The Balaban J connectivity index is 1.89. The van der Waals surface area contributed by atoms with Crippen LogP contribution in [0.4, 0.5) is 5.82 Å². The van der Waals surface area contributed by atoms with Gasteiger partial charge in [0.1, 0.15) is 17.6 Å². The summed E-state index contributed by atoms with van der Waals surface area (Å²) < 4.78 is 10.7. The van der Waals surface area contributed by atoms with Gasteiger partial charge in [0.15, 0.2) is 5.82 Å². The fourth-order valence-corrected chi connectivity index (χ4v) is 2.23. The van der Waals surface area contributed by atoms with Crippen molar-refractivity contribution in [1.29, 1.82) is 0 Å². The van der Waals surface area contributed by atoms with Crippen molar-refractivity contribution in [3.8, 4) is 0 Å². The molecule has 19 heavy (non-hydrogen) atoms. The molecule has 106 valence electrons. The van der Waals surface area contributed by atoms with Gasteiger partial charge in [0.25, 0.3) is 0 Å². The summed E-state index contributed by atoms with van der Waals surface area (Å²) in [4.78, 5) is 8.51. The Morgan fingerprint density at radius 2 is 2.42 bits per heavy atom. The summed E-state index contributed by atoms with van der Waals surface area (Å²) in [5.41, 5.74) is 0. The van der Waals surface area contributed by atoms with Crippen LogP contribution in [-0.4, -0.2) is 36.3 Å². The van der Waals surface area contributed by atoms with Crippen molar-refractivity contribution in [2.75, 3.05) is 31.7 Å². The van der Waals surface area contributed by atoms with Gasteiger partial charge in [-0.25, -0.2) is 9.97 Å². The Hall–Kier alpha value is -0.910. The van der Waals surface area contributed by atoms with Crippen molar-refractivity contribution in [1.82, 2.24) is 9.97 Å². The maximum Gasteiger partial charge on any atom is 0.158 e. The molecule has 1 fully saturated rings. The Morgan fingerprint density at radius 1 is 1.53 bits per heavy atom. The molecular weight excluding hydrogens is 266 g/mol. The van der Waals surface area contributed by atoms with Crippen LogP contribution >= 0.6 is 11.6 Å². The fourth-order valence-electron chi connectivity index (χ4n) is 2.03. The lowest BCUT2D eigenvalue weighted by molar-refractivity contribution is 0.0594. The van der Waals surface area contributed by atoms with E-state index < -0.39 is 0 Å². The number of hydrogen-bond donors (Lipinski definition) is 1. The van der Waals surface area contributed by atoms with Crippen LogP contribution in [0.2, 0.25) is 5.15 Å². The van der Waals surface area contributed by atoms with Crippen LogP contribution in [0.3, 0.4) is 0 Å². The molecule has 2 rings (SSSR count). The summed E-state index contributed by atoms with van der Waals surface area (Å²) in [5, 5.41) is 3.74. The van der Waals surface area contributed by atoms with Crippen LogP contribution in [0.5, 0.6) is 0 Å². The molecule has 1 unspecified atom stereocenters. The first-order chi connectivity index (χ1) is 9.28. The molecule has 0 radical (unpaired) electrons. The molecule has 0 aromatic carbocycles. The van der Waals surface area contributed by atoms with Crippen LogP contribution in [0.15, 0.2) is 6.07 Å². The van der Waals surface area contributed by atoms with Crippen LogP contribution < -0.4 is 5.32 Å². The van der Waals surface area contributed by atoms with E-state index in [0.29, 0.717) is 30.1 Å². The van der Waals surface area contributed by atoms with E-state index in [4.69, 9.17) is 21.1 Å². The van der Waals surface area contributed by atoms with E-state index in [1.54, 1.807) is 6.07 Å². The van der Waals surface area contributed by atoms with E-state index in [0.717, 1.165) is 32.0 Å². The van der Waals surface area contributed by atoms with Gasteiger partial charge >= 0.3 is 0 Å². The quantitative estimate of drug-likeness (QED) is 0.814. The highest BCUT2D eigenvalue weighted by Crippen LogP contribution is 2.16. The Morgan fingerprint density at radius 3 is 3.16 bits per heavy atom. The van der Waals surface area contributed by atoms with Crippen molar-refractivity contribution in [2.24, 2.45) is 5.92 Å². The molecule has 1 N–H and O–H groups in total. The lowest BCUT2D eigenvalue weighted by atomic mass is 10.0. The molecule has 0 saturated carbocycles. The summed E-state index contributed by atoms with van der Waals surface area (Å²) >= 11 is 5.98. The van der Waals surface area contributed by atoms with Crippen molar-refractivity contribution in [2.45, 2.75) is 26.4 Å². The molecular formula is C13H20ClN3O2. The molecule has 0 spiro atoms. The number of halogens is 1. The Bertz CT molecular complexity index is 397. The number of aromatic nitrogens is 2. The number of hydrogen-bond acceptors (Lipinski definition) is 5. The zero-order chi connectivity index (χ0) is 13.5. The van der Waals surface area contributed by atoms with Crippen molar-refractivity contribution in [3.63, 3.8) is 0 Å². The Kier molecular flexibility index (Phi) is 5.82. The van der Waals surface area contributed by atoms with E-state index in [2.05, 4.69) is 15.3 Å². The minimum absolute atomic E-state index is 0.387. The van der Waals surface area contributed by atoms with E-state index >= 15 is 0 Å².